The van der Waals surface area contributed by atoms with E-state index >= 15 is 0 Å². The van der Waals surface area contributed by atoms with E-state index in [0.29, 0.717) is 0 Å². The van der Waals surface area contributed by atoms with Crippen molar-refractivity contribution in [2.24, 2.45) is 10.7 Å². The first-order valence-corrected chi connectivity index (χ1v) is 6.47. The Morgan fingerprint density at radius 2 is 2.30 bits per heavy atom. The van der Waals surface area contributed by atoms with Crippen molar-refractivity contribution in [3.8, 4) is 5.88 Å². The second-order valence-corrected chi connectivity index (χ2v) is 4.74. The summed E-state index contributed by atoms with van der Waals surface area (Å²) in [7, 11) is 1.38. The maximum Gasteiger partial charge on any atom is 0.309 e. The molecule has 1 aliphatic rings. The summed E-state index contributed by atoms with van der Waals surface area (Å²) < 4.78 is 32.7. The number of nitrogens with zero attached hydrogens (tertiary/aromatic N) is 2. The van der Waals surface area contributed by atoms with Crippen LogP contribution in [0.3, 0.4) is 0 Å². The SMILES string of the molecule is COc1cccc(C(F)(F)CN=C(N)NC2CCC2)n1. The fourth-order valence-corrected chi connectivity index (χ4v) is 1.81. The second-order valence-electron chi connectivity index (χ2n) is 4.74. The summed E-state index contributed by atoms with van der Waals surface area (Å²) in [6.45, 7) is -0.737. The van der Waals surface area contributed by atoms with Crippen molar-refractivity contribution in [3.05, 3.63) is 23.9 Å². The van der Waals surface area contributed by atoms with Crippen molar-refractivity contribution in [3.63, 3.8) is 0 Å². The van der Waals surface area contributed by atoms with Gasteiger partial charge in [0.15, 0.2) is 5.96 Å². The number of pyridine rings is 1. The largest absolute Gasteiger partial charge is 0.481 e. The molecule has 0 aromatic carbocycles. The van der Waals surface area contributed by atoms with Gasteiger partial charge >= 0.3 is 5.92 Å². The fourth-order valence-electron chi connectivity index (χ4n) is 1.81. The van der Waals surface area contributed by atoms with Crippen LogP contribution in [0.2, 0.25) is 0 Å². The lowest BCUT2D eigenvalue weighted by Crippen LogP contribution is -2.44. The van der Waals surface area contributed by atoms with Gasteiger partial charge in [0.1, 0.15) is 12.2 Å². The Labute approximate surface area is 116 Å². The molecule has 0 atom stereocenters. The normalized spacial score (nSPS) is 16.6. The number of rotatable bonds is 5. The van der Waals surface area contributed by atoms with E-state index in [1.165, 1.54) is 25.3 Å². The van der Waals surface area contributed by atoms with Crippen LogP contribution < -0.4 is 15.8 Å². The summed E-state index contributed by atoms with van der Waals surface area (Å²) in [6, 6.07) is 4.49. The highest BCUT2D eigenvalue weighted by Gasteiger charge is 2.33. The predicted molar refractivity (Wildman–Crippen MR) is 71.9 cm³/mol. The second kappa shape index (κ2) is 6.02. The zero-order valence-corrected chi connectivity index (χ0v) is 11.3. The van der Waals surface area contributed by atoms with Crippen LogP contribution in [0.1, 0.15) is 25.0 Å². The van der Waals surface area contributed by atoms with Crippen molar-refractivity contribution in [1.82, 2.24) is 10.3 Å². The van der Waals surface area contributed by atoms with E-state index in [1.807, 2.05) is 0 Å². The summed E-state index contributed by atoms with van der Waals surface area (Å²) in [4.78, 5) is 7.43. The summed E-state index contributed by atoms with van der Waals surface area (Å²) in [5.74, 6) is -2.98. The Kier molecular flexibility index (Phi) is 4.36. The summed E-state index contributed by atoms with van der Waals surface area (Å²) in [5.41, 5.74) is 5.21. The molecule has 7 heteroatoms. The zero-order valence-electron chi connectivity index (χ0n) is 11.3. The minimum Gasteiger partial charge on any atom is -0.481 e. The molecule has 0 saturated heterocycles. The van der Waals surface area contributed by atoms with Crippen molar-refractivity contribution in [2.45, 2.75) is 31.2 Å². The van der Waals surface area contributed by atoms with E-state index < -0.39 is 12.5 Å². The van der Waals surface area contributed by atoms with Gasteiger partial charge in [0.25, 0.3) is 0 Å². The fraction of sp³-hybridized carbons (Fsp3) is 0.538. The number of aromatic nitrogens is 1. The molecule has 1 heterocycles. The minimum absolute atomic E-state index is 0.0530. The molecule has 20 heavy (non-hydrogen) atoms. The molecular formula is C13H18F2N4O. The van der Waals surface area contributed by atoms with Gasteiger partial charge in [0.05, 0.1) is 7.11 Å². The molecule has 2 rings (SSSR count). The van der Waals surface area contributed by atoms with Crippen molar-refractivity contribution in [1.29, 1.82) is 0 Å². The zero-order chi connectivity index (χ0) is 14.6. The first-order chi connectivity index (χ1) is 9.51. The monoisotopic (exact) mass is 284 g/mol. The van der Waals surface area contributed by atoms with Gasteiger partial charge in [0.2, 0.25) is 5.88 Å². The molecule has 3 N–H and O–H groups in total. The average Bonchev–Trinajstić information content (AvgIpc) is 2.41. The maximum absolute atomic E-state index is 14.0. The van der Waals surface area contributed by atoms with E-state index in [0.717, 1.165) is 19.3 Å². The van der Waals surface area contributed by atoms with Gasteiger partial charge in [-0.1, -0.05) is 6.07 Å². The molecule has 0 unspecified atom stereocenters. The third kappa shape index (κ3) is 3.55. The standard InChI is InChI=1S/C13H18F2N4O/c1-20-11-7-3-6-10(19-11)13(14,15)8-17-12(16)18-9-4-2-5-9/h3,6-7,9H,2,4-5,8H2,1H3,(H3,16,17,18). The first kappa shape index (κ1) is 14.5. The number of hydrogen-bond acceptors (Lipinski definition) is 3. The lowest BCUT2D eigenvalue weighted by Gasteiger charge is -2.26. The Morgan fingerprint density at radius 1 is 1.55 bits per heavy atom. The molecule has 0 radical (unpaired) electrons. The first-order valence-electron chi connectivity index (χ1n) is 6.47. The van der Waals surface area contributed by atoms with E-state index in [2.05, 4.69) is 15.3 Å². The van der Waals surface area contributed by atoms with Crippen LogP contribution in [0.4, 0.5) is 8.78 Å². The number of alkyl halides is 2. The molecule has 1 saturated carbocycles. The number of aliphatic imine (C=N–C) groups is 1. The van der Waals surface area contributed by atoms with Crippen LogP contribution in [0.5, 0.6) is 5.88 Å². The Morgan fingerprint density at radius 3 is 2.90 bits per heavy atom. The summed E-state index contributed by atoms with van der Waals surface area (Å²) >= 11 is 0. The van der Waals surface area contributed by atoms with Crippen LogP contribution in [0, 0.1) is 0 Å². The smallest absolute Gasteiger partial charge is 0.309 e. The average molecular weight is 284 g/mol. The lowest BCUT2D eigenvalue weighted by atomic mass is 9.93. The van der Waals surface area contributed by atoms with E-state index in [-0.39, 0.29) is 23.6 Å². The van der Waals surface area contributed by atoms with E-state index in [9.17, 15) is 8.78 Å². The van der Waals surface area contributed by atoms with Gasteiger partial charge in [-0.3, -0.25) is 0 Å². The van der Waals surface area contributed by atoms with Gasteiger partial charge in [-0.25, -0.2) is 9.98 Å². The lowest BCUT2D eigenvalue weighted by molar-refractivity contribution is 0.00136. The number of ether oxygens (including phenoxy) is 1. The third-order valence-electron chi connectivity index (χ3n) is 3.21. The highest BCUT2D eigenvalue weighted by atomic mass is 19.3. The quantitative estimate of drug-likeness (QED) is 0.637. The summed E-state index contributed by atoms with van der Waals surface area (Å²) in [5, 5.41) is 2.91. The topological polar surface area (TPSA) is 72.5 Å². The molecule has 110 valence electrons. The Bertz CT molecular complexity index is 489. The van der Waals surface area contributed by atoms with Crippen LogP contribution in [0.15, 0.2) is 23.2 Å². The number of nitrogens with one attached hydrogen (secondary N) is 1. The molecule has 0 bridgehead atoms. The molecule has 1 fully saturated rings. The molecule has 1 aromatic heterocycles. The molecule has 1 aromatic rings. The van der Waals surface area contributed by atoms with Crippen molar-refractivity contribution < 1.29 is 13.5 Å². The number of halogens is 2. The minimum atomic E-state index is -3.18. The van der Waals surface area contributed by atoms with Crippen LogP contribution >= 0.6 is 0 Å². The number of guanidine groups is 1. The van der Waals surface area contributed by atoms with Gasteiger partial charge < -0.3 is 15.8 Å². The maximum atomic E-state index is 14.0. The highest BCUT2D eigenvalue weighted by Crippen LogP contribution is 2.28. The third-order valence-corrected chi connectivity index (χ3v) is 3.21. The van der Waals surface area contributed by atoms with Gasteiger partial charge in [-0.05, 0) is 25.3 Å². The van der Waals surface area contributed by atoms with Crippen molar-refractivity contribution in [2.75, 3.05) is 13.7 Å². The number of hydrogen-bond donors (Lipinski definition) is 2. The van der Waals surface area contributed by atoms with Crippen LogP contribution in [-0.2, 0) is 5.92 Å². The molecule has 0 spiro atoms. The van der Waals surface area contributed by atoms with Gasteiger partial charge in [-0.2, -0.15) is 8.78 Å². The van der Waals surface area contributed by atoms with Crippen LogP contribution in [0.25, 0.3) is 0 Å². The predicted octanol–water partition coefficient (Wildman–Crippen LogP) is 1.64. The molecule has 0 amide bonds. The Hall–Kier alpha value is -1.92. The summed E-state index contributed by atoms with van der Waals surface area (Å²) in [6.07, 6.45) is 3.14. The van der Waals surface area contributed by atoms with E-state index in [4.69, 9.17) is 10.5 Å². The van der Waals surface area contributed by atoms with Crippen LogP contribution in [-0.4, -0.2) is 30.6 Å². The number of methoxy groups -OCH3 is 1. The van der Waals surface area contributed by atoms with E-state index in [1.54, 1.807) is 0 Å². The van der Waals surface area contributed by atoms with Gasteiger partial charge in [-0.15, -0.1) is 0 Å². The van der Waals surface area contributed by atoms with Crippen molar-refractivity contribution >= 4 is 5.96 Å². The number of nitrogens with two attached hydrogens (primary N) is 1. The molecule has 1 aliphatic carbocycles. The highest BCUT2D eigenvalue weighted by molar-refractivity contribution is 5.78. The molecule has 0 aliphatic heterocycles. The van der Waals surface area contributed by atoms with Gasteiger partial charge in [0, 0.05) is 12.1 Å². The molecule has 5 nitrogen and oxygen atoms in total. The Balaban J connectivity index is 1.99. The molecular weight excluding hydrogens is 266 g/mol.